The first kappa shape index (κ1) is 9.90. The van der Waals surface area contributed by atoms with E-state index in [0.29, 0.717) is 6.42 Å². The summed E-state index contributed by atoms with van der Waals surface area (Å²) in [5.74, 6) is -0.367. The van der Waals surface area contributed by atoms with Crippen LogP contribution in [0, 0.1) is 12.8 Å². The van der Waals surface area contributed by atoms with Crippen LogP contribution < -0.4 is 4.90 Å². The van der Waals surface area contributed by atoms with E-state index in [4.69, 9.17) is 0 Å². The molecule has 0 saturated carbocycles. The fraction of sp³-hybridized carbons (Fsp3) is 0.333. The van der Waals surface area contributed by atoms with Gasteiger partial charge in [0.1, 0.15) is 0 Å². The van der Waals surface area contributed by atoms with Crippen molar-refractivity contribution in [2.75, 3.05) is 4.90 Å². The van der Waals surface area contributed by atoms with E-state index in [2.05, 4.69) is 0 Å². The lowest BCUT2D eigenvalue weighted by atomic mass is 10.1. The maximum absolute atomic E-state index is 11.8. The molecular weight excluding hydrogens is 190 g/mol. The van der Waals surface area contributed by atoms with Gasteiger partial charge in [0.2, 0.25) is 11.8 Å². The van der Waals surface area contributed by atoms with Gasteiger partial charge in [-0.1, -0.05) is 25.1 Å². The first-order chi connectivity index (χ1) is 7.11. The SMILES string of the molecule is Cc1ccccc1N1C(=O)CC(C)C1=O. The van der Waals surface area contributed by atoms with Crippen molar-refractivity contribution in [2.45, 2.75) is 20.3 Å². The Morgan fingerprint density at radius 3 is 2.47 bits per heavy atom. The zero-order valence-electron chi connectivity index (χ0n) is 8.86. The van der Waals surface area contributed by atoms with Crippen LogP contribution in [0.2, 0.25) is 0 Å². The van der Waals surface area contributed by atoms with E-state index >= 15 is 0 Å². The quantitative estimate of drug-likeness (QED) is 0.654. The lowest BCUT2D eigenvalue weighted by Gasteiger charge is -2.16. The molecule has 2 rings (SSSR count). The summed E-state index contributed by atoms with van der Waals surface area (Å²) in [7, 11) is 0. The second kappa shape index (κ2) is 3.50. The number of carbonyl (C=O) groups is 2. The third-order valence-corrected chi connectivity index (χ3v) is 2.73. The number of imide groups is 1. The number of rotatable bonds is 1. The molecule has 1 aromatic rings. The minimum atomic E-state index is -0.183. The van der Waals surface area contributed by atoms with E-state index < -0.39 is 0 Å². The summed E-state index contributed by atoms with van der Waals surface area (Å²) in [6, 6.07) is 7.45. The molecule has 1 fully saturated rings. The van der Waals surface area contributed by atoms with Crippen molar-refractivity contribution in [3.63, 3.8) is 0 Å². The molecule has 1 aromatic carbocycles. The van der Waals surface area contributed by atoms with E-state index in [9.17, 15) is 9.59 Å². The number of hydrogen-bond acceptors (Lipinski definition) is 2. The minimum absolute atomic E-state index is 0.0886. The van der Waals surface area contributed by atoms with E-state index in [1.807, 2.05) is 31.2 Å². The summed E-state index contributed by atoms with van der Waals surface area (Å²) in [6.07, 6.45) is 0.327. The zero-order chi connectivity index (χ0) is 11.0. The Bertz CT molecular complexity index is 425. The van der Waals surface area contributed by atoms with Crippen LogP contribution in [0.4, 0.5) is 5.69 Å². The van der Waals surface area contributed by atoms with Gasteiger partial charge in [0.15, 0.2) is 0 Å². The fourth-order valence-corrected chi connectivity index (χ4v) is 1.85. The number of para-hydroxylation sites is 1. The topological polar surface area (TPSA) is 37.4 Å². The second-order valence-corrected chi connectivity index (χ2v) is 3.96. The highest BCUT2D eigenvalue weighted by Gasteiger charge is 2.36. The van der Waals surface area contributed by atoms with Gasteiger partial charge in [-0.25, -0.2) is 0 Å². The molecule has 78 valence electrons. The normalized spacial score (nSPS) is 21.2. The monoisotopic (exact) mass is 203 g/mol. The molecule has 1 unspecified atom stereocenters. The van der Waals surface area contributed by atoms with Crippen LogP contribution >= 0.6 is 0 Å². The molecule has 0 bridgehead atoms. The first-order valence-electron chi connectivity index (χ1n) is 5.03. The van der Waals surface area contributed by atoms with Gasteiger partial charge in [0.25, 0.3) is 0 Å². The van der Waals surface area contributed by atoms with Crippen LogP contribution in [-0.4, -0.2) is 11.8 Å². The third kappa shape index (κ3) is 1.54. The van der Waals surface area contributed by atoms with Crippen LogP contribution in [0.25, 0.3) is 0 Å². The summed E-state index contributed by atoms with van der Waals surface area (Å²) in [4.78, 5) is 24.7. The highest BCUT2D eigenvalue weighted by Crippen LogP contribution is 2.28. The predicted octanol–water partition coefficient (Wildman–Crippen LogP) is 1.89. The van der Waals surface area contributed by atoms with Crippen molar-refractivity contribution in [1.29, 1.82) is 0 Å². The molecule has 0 aliphatic carbocycles. The van der Waals surface area contributed by atoms with E-state index in [1.165, 1.54) is 4.90 Å². The van der Waals surface area contributed by atoms with Crippen molar-refractivity contribution >= 4 is 17.5 Å². The standard InChI is InChI=1S/C12H13NO2/c1-8-5-3-4-6-10(8)13-11(14)7-9(2)12(13)15/h3-6,9H,7H2,1-2H3. The Hall–Kier alpha value is -1.64. The summed E-state index contributed by atoms with van der Waals surface area (Å²) < 4.78 is 0. The van der Waals surface area contributed by atoms with E-state index in [0.717, 1.165) is 11.3 Å². The van der Waals surface area contributed by atoms with Crippen molar-refractivity contribution < 1.29 is 9.59 Å². The highest BCUT2D eigenvalue weighted by atomic mass is 16.2. The number of nitrogens with zero attached hydrogens (tertiary/aromatic N) is 1. The fourth-order valence-electron chi connectivity index (χ4n) is 1.85. The van der Waals surface area contributed by atoms with E-state index in [1.54, 1.807) is 6.92 Å². The van der Waals surface area contributed by atoms with Crippen LogP contribution in [0.3, 0.4) is 0 Å². The van der Waals surface area contributed by atoms with Gasteiger partial charge in [0.05, 0.1) is 5.69 Å². The Morgan fingerprint density at radius 2 is 1.93 bits per heavy atom. The van der Waals surface area contributed by atoms with Gasteiger partial charge < -0.3 is 0 Å². The molecule has 1 aliphatic heterocycles. The maximum Gasteiger partial charge on any atom is 0.237 e. The number of benzene rings is 1. The molecule has 3 heteroatoms. The molecule has 15 heavy (non-hydrogen) atoms. The lowest BCUT2D eigenvalue weighted by molar-refractivity contribution is -0.122. The summed E-state index contributed by atoms with van der Waals surface area (Å²) in [6.45, 7) is 3.69. The predicted molar refractivity (Wildman–Crippen MR) is 57.5 cm³/mol. The Balaban J connectivity index is 2.44. The molecule has 1 heterocycles. The van der Waals surface area contributed by atoms with Gasteiger partial charge in [-0.2, -0.15) is 0 Å². The van der Waals surface area contributed by atoms with Crippen molar-refractivity contribution in [1.82, 2.24) is 0 Å². The maximum atomic E-state index is 11.8. The zero-order valence-corrected chi connectivity index (χ0v) is 8.86. The number of aryl methyl sites for hydroxylation is 1. The van der Waals surface area contributed by atoms with Gasteiger partial charge in [-0.3, -0.25) is 14.5 Å². The second-order valence-electron chi connectivity index (χ2n) is 3.96. The molecule has 3 nitrogen and oxygen atoms in total. The van der Waals surface area contributed by atoms with Gasteiger partial charge in [-0.15, -0.1) is 0 Å². The smallest absolute Gasteiger partial charge is 0.237 e. The number of carbonyl (C=O) groups excluding carboxylic acids is 2. The van der Waals surface area contributed by atoms with Crippen molar-refractivity contribution in [2.24, 2.45) is 5.92 Å². The average molecular weight is 203 g/mol. The summed E-state index contributed by atoms with van der Waals surface area (Å²) >= 11 is 0. The summed E-state index contributed by atoms with van der Waals surface area (Å²) in [5.41, 5.74) is 1.67. The number of anilines is 1. The average Bonchev–Trinajstić information content (AvgIpc) is 2.43. The molecule has 0 spiro atoms. The van der Waals surface area contributed by atoms with Crippen molar-refractivity contribution in [3.8, 4) is 0 Å². The number of hydrogen-bond donors (Lipinski definition) is 0. The molecule has 0 radical (unpaired) electrons. The molecule has 0 N–H and O–H groups in total. The van der Waals surface area contributed by atoms with Crippen LogP contribution in [0.5, 0.6) is 0 Å². The Kier molecular flexibility index (Phi) is 2.31. The highest BCUT2D eigenvalue weighted by molar-refractivity contribution is 6.21. The Morgan fingerprint density at radius 1 is 1.27 bits per heavy atom. The van der Waals surface area contributed by atoms with Crippen LogP contribution in [0.1, 0.15) is 18.9 Å². The molecular formula is C12H13NO2. The molecule has 1 aliphatic rings. The third-order valence-electron chi connectivity index (χ3n) is 2.73. The molecule has 1 saturated heterocycles. The largest absolute Gasteiger partial charge is 0.274 e. The Labute approximate surface area is 88.7 Å². The van der Waals surface area contributed by atoms with Crippen LogP contribution in [-0.2, 0) is 9.59 Å². The van der Waals surface area contributed by atoms with Crippen molar-refractivity contribution in [3.05, 3.63) is 29.8 Å². The van der Waals surface area contributed by atoms with Gasteiger partial charge >= 0.3 is 0 Å². The minimum Gasteiger partial charge on any atom is -0.274 e. The first-order valence-corrected chi connectivity index (χ1v) is 5.03. The van der Waals surface area contributed by atoms with Gasteiger partial charge in [0, 0.05) is 12.3 Å². The molecule has 0 aromatic heterocycles. The van der Waals surface area contributed by atoms with E-state index in [-0.39, 0.29) is 17.7 Å². The number of amides is 2. The lowest BCUT2D eigenvalue weighted by Crippen LogP contribution is -2.30. The molecule has 1 atom stereocenters. The molecule has 2 amide bonds. The van der Waals surface area contributed by atoms with Crippen LogP contribution in [0.15, 0.2) is 24.3 Å². The summed E-state index contributed by atoms with van der Waals surface area (Å²) in [5, 5.41) is 0. The van der Waals surface area contributed by atoms with Gasteiger partial charge in [-0.05, 0) is 18.6 Å².